The molecule has 0 heterocycles. The Hall–Kier alpha value is -2.37. The molecule has 1 aromatic rings. The summed E-state index contributed by atoms with van der Waals surface area (Å²) in [6.45, 7) is 0. The molecule has 0 aliphatic rings. The van der Waals surface area contributed by atoms with Crippen molar-refractivity contribution in [1.82, 2.24) is 0 Å². The quantitative estimate of drug-likeness (QED) is 0.596. The predicted octanol–water partition coefficient (Wildman–Crippen LogP) is 1.26. The lowest BCUT2D eigenvalue weighted by Gasteiger charge is -2.04. The fraction of sp³-hybridized carbons (Fsp3) is 0. The van der Waals surface area contributed by atoms with Gasteiger partial charge in [-0.15, -0.1) is 0 Å². The minimum Gasteiger partial charge on any atom is -0.478 e. The number of rotatable bonds is 4. The lowest BCUT2D eigenvalue weighted by molar-refractivity contribution is -0.137. The largest absolute Gasteiger partial charge is 0.478 e. The highest BCUT2D eigenvalue weighted by atomic mass is 19.1. The van der Waals surface area contributed by atoms with Gasteiger partial charge in [0.2, 0.25) is 5.76 Å². The van der Waals surface area contributed by atoms with Crippen LogP contribution in [0.25, 0.3) is 0 Å². The van der Waals surface area contributed by atoms with Gasteiger partial charge in [0.05, 0.1) is 6.08 Å². The Morgan fingerprint density at radius 3 is 2.19 bits per heavy atom. The zero-order valence-corrected chi connectivity index (χ0v) is 7.88. The standard InChI is InChI=1S/C10H7FO5/c11-6-1-3-7(4-2-6)16-8(10(14)15)5-9(12)13/h1-5H,(H,12,13)(H,14,15)/b8-5-. The maximum atomic E-state index is 12.5. The molecule has 6 heteroatoms. The molecular formula is C10H7FO5. The molecule has 0 atom stereocenters. The van der Waals surface area contributed by atoms with Gasteiger partial charge in [-0.1, -0.05) is 0 Å². The molecule has 2 N–H and O–H groups in total. The van der Waals surface area contributed by atoms with Crippen LogP contribution in [0.3, 0.4) is 0 Å². The summed E-state index contributed by atoms with van der Waals surface area (Å²) in [5, 5.41) is 17.0. The van der Waals surface area contributed by atoms with Crippen molar-refractivity contribution in [1.29, 1.82) is 0 Å². The first-order chi connectivity index (χ1) is 7.49. The van der Waals surface area contributed by atoms with Gasteiger partial charge in [0, 0.05) is 0 Å². The number of halogens is 1. The van der Waals surface area contributed by atoms with Crippen LogP contribution in [0, 0.1) is 5.82 Å². The summed E-state index contributed by atoms with van der Waals surface area (Å²) in [5.74, 6) is -4.19. The molecule has 0 bridgehead atoms. The molecule has 1 aromatic carbocycles. The third kappa shape index (κ3) is 3.41. The monoisotopic (exact) mass is 226 g/mol. The molecule has 0 radical (unpaired) electrons. The molecule has 84 valence electrons. The van der Waals surface area contributed by atoms with Gasteiger partial charge in [-0.25, -0.2) is 14.0 Å². The number of aliphatic carboxylic acids is 2. The molecule has 16 heavy (non-hydrogen) atoms. The van der Waals surface area contributed by atoms with Crippen molar-refractivity contribution < 1.29 is 28.9 Å². The summed E-state index contributed by atoms with van der Waals surface area (Å²) < 4.78 is 17.3. The van der Waals surface area contributed by atoms with Crippen molar-refractivity contribution in [2.75, 3.05) is 0 Å². The fourth-order valence-corrected chi connectivity index (χ4v) is 0.877. The van der Waals surface area contributed by atoms with Gasteiger partial charge in [-0.3, -0.25) is 0 Å². The number of hydrogen-bond acceptors (Lipinski definition) is 3. The smallest absolute Gasteiger partial charge is 0.372 e. The van der Waals surface area contributed by atoms with E-state index in [9.17, 15) is 14.0 Å². The number of benzene rings is 1. The summed E-state index contributed by atoms with van der Waals surface area (Å²) in [6.07, 6.45) is 0.408. The zero-order chi connectivity index (χ0) is 12.1. The molecule has 0 fully saturated rings. The number of carbonyl (C=O) groups is 2. The molecule has 0 spiro atoms. The highest BCUT2D eigenvalue weighted by Crippen LogP contribution is 2.14. The molecular weight excluding hydrogens is 219 g/mol. The Kier molecular flexibility index (Phi) is 3.60. The first kappa shape index (κ1) is 11.7. The Morgan fingerprint density at radius 2 is 1.75 bits per heavy atom. The van der Waals surface area contributed by atoms with Crippen molar-refractivity contribution in [2.24, 2.45) is 0 Å². The first-order valence-corrected chi connectivity index (χ1v) is 4.10. The van der Waals surface area contributed by atoms with Crippen molar-refractivity contribution in [3.05, 3.63) is 41.9 Å². The number of ether oxygens (including phenoxy) is 1. The normalized spacial score (nSPS) is 10.9. The summed E-state index contributed by atoms with van der Waals surface area (Å²) in [5.41, 5.74) is 0. The van der Waals surface area contributed by atoms with Gasteiger partial charge >= 0.3 is 11.9 Å². The average Bonchev–Trinajstić information content (AvgIpc) is 2.19. The molecule has 0 amide bonds. The summed E-state index contributed by atoms with van der Waals surface area (Å²) >= 11 is 0. The Labute approximate surface area is 89.4 Å². The second kappa shape index (κ2) is 4.92. The topological polar surface area (TPSA) is 83.8 Å². The van der Waals surface area contributed by atoms with Gasteiger partial charge in [0.1, 0.15) is 11.6 Å². The van der Waals surface area contributed by atoms with E-state index in [2.05, 4.69) is 0 Å². The van der Waals surface area contributed by atoms with E-state index in [0.29, 0.717) is 6.08 Å². The Bertz CT molecular complexity index is 435. The van der Waals surface area contributed by atoms with E-state index in [1.165, 1.54) is 12.1 Å². The molecule has 0 saturated heterocycles. The zero-order valence-electron chi connectivity index (χ0n) is 7.88. The SMILES string of the molecule is O=C(O)/C=C(\Oc1ccc(F)cc1)C(=O)O. The van der Waals surface area contributed by atoms with E-state index in [1.807, 2.05) is 0 Å². The molecule has 0 aliphatic carbocycles. The van der Waals surface area contributed by atoms with Crippen molar-refractivity contribution in [3.8, 4) is 5.75 Å². The van der Waals surface area contributed by atoms with Gasteiger partial charge < -0.3 is 14.9 Å². The van der Waals surface area contributed by atoms with E-state index >= 15 is 0 Å². The number of carboxylic acid groups (broad SMARTS) is 2. The molecule has 5 nitrogen and oxygen atoms in total. The predicted molar refractivity (Wildman–Crippen MR) is 50.4 cm³/mol. The lowest BCUT2D eigenvalue weighted by atomic mass is 10.3. The van der Waals surface area contributed by atoms with Crippen molar-refractivity contribution in [2.45, 2.75) is 0 Å². The van der Waals surface area contributed by atoms with E-state index in [-0.39, 0.29) is 5.75 Å². The van der Waals surface area contributed by atoms with Crippen LogP contribution in [0.1, 0.15) is 0 Å². The van der Waals surface area contributed by atoms with E-state index in [0.717, 1.165) is 12.1 Å². The Morgan fingerprint density at radius 1 is 1.19 bits per heavy atom. The van der Waals surface area contributed by atoms with Gasteiger partial charge in [-0.05, 0) is 24.3 Å². The number of carboxylic acids is 2. The lowest BCUT2D eigenvalue weighted by Crippen LogP contribution is -2.10. The minimum atomic E-state index is -1.52. The van der Waals surface area contributed by atoms with Crippen molar-refractivity contribution in [3.63, 3.8) is 0 Å². The first-order valence-electron chi connectivity index (χ1n) is 4.10. The van der Waals surface area contributed by atoms with Crippen LogP contribution in [0.15, 0.2) is 36.1 Å². The minimum absolute atomic E-state index is 0.0382. The molecule has 1 rings (SSSR count). The van der Waals surface area contributed by atoms with Gasteiger partial charge in [0.15, 0.2) is 0 Å². The average molecular weight is 226 g/mol. The highest BCUT2D eigenvalue weighted by molar-refractivity contribution is 5.93. The van der Waals surface area contributed by atoms with E-state index in [1.54, 1.807) is 0 Å². The third-order valence-electron chi connectivity index (χ3n) is 1.51. The maximum absolute atomic E-state index is 12.5. The second-order valence-electron chi connectivity index (χ2n) is 2.71. The van der Waals surface area contributed by atoms with Gasteiger partial charge in [-0.2, -0.15) is 0 Å². The highest BCUT2D eigenvalue weighted by Gasteiger charge is 2.12. The van der Waals surface area contributed by atoms with Crippen molar-refractivity contribution >= 4 is 11.9 Å². The second-order valence-corrected chi connectivity index (χ2v) is 2.71. The Balaban J connectivity index is 2.88. The third-order valence-corrected chi connectivity index (χ3v) is 1.51. The van der Waals surface area contributed by atoms with Crippen LogP contribution >= 0.6 is 0 Å². The maximum Gasteiger partial charge on any atom is 0.372 e. The summed E-state index contributed by atoms with van der Waals surface area (Å²) in [4.78, 5) is 20.9. The van der Waals surface area contributed by atoms with Crippen LogP contribution in [0.4, 0.5) is 4.39 Å². The van der Waals surface area contributed by atoms with Crippen LogP contribution < -0.4 is 4.74 Å². The molecule has 0 unspecified atom stereocenters. The molecule has 0 saturated carbocycles. The molecule has 0 aromatic heterocycles. The van der Waals surface area contributed by atoms with Crippen LogP contribution in [-0.4, -0.2) is 22.2 Å². The molecule has 0 aliphatic heterocycles. The van der Waals surface area contributed by atoms with Crippen LogP contribution in [-0.2, 0) is 9.59 Å². The summed E-state index contributed by atoms with van der Waals surface area (Å²) in [6, 6.07) is 4.51. The van der Waals surface area contributed by atoms with Gasteiger partial charge in [0.25, 0.3) is 0 Å². The number of hydrogen-bond donors (Lipinski definition) is 2. The van der Waals surface area contributed by atoms with Crippen LogP contribution in [0.5, 0.6) is 5.75 Å². The van der Waals surface area contributed by atoms with Crippen LogP contribution in [0.2, 0.25) is 0 Å². The summed E-state index contributed by atoms with van der Waals surface area (Å²) in [7, 11) is 0. The van der Waals surface area contributed by atoms with E-state index < -0.39 is 23.5 Å². The fourth-order valence-electron chi connectivity index (χ4n) is 0.877. The van der Waals surface area contributed by atoms with E-state index in [4.69, 9.17) is 14.9 Å².